The summed E-state index contributed by atoms with van der Waals surface area (Å²) in [6.45, 7) is 2.39. The van der Waals surface area contributed by atoms with E-state index < -0.39 is 11.5 Å². The first-order valence-electron chi connectivity index (χ1n) is 7.83. The standard InChI is InChI=1S/C17H25NO5S/c1-4-5-10-23-17(20)18-15(11-16(19)22-3)24-12-13-6-8-14(21-2)9-7-13/h6-9,15H,4-5,10-12H2,1-3H3,(H,18,20). The number of hydrogen-bond acceptors (Lipinski definition) is 6. The van der Waals surface area contributed by atoms with E-state index in [2.05, 4.69) is 10.1 Å². The number of amides is 1. The van der Waals surface area contributed by atoms with E-state index in [1.807, 2.05) is 31.2 Å². The summed E-state index contributed by atoms with van der Waals surface area (Å²) < 4.78 is 14.9. The molecule has 1 unspecified atom stereocenters. The average Bonchev–Trinajstić information content (AvgIpc) is 2.60. The van der Waals surface area contributed by atoms with Gasteiger partial charge in [-0.2, -0.15) is 0 Å². The van der Waals surface area contributed by atoms with Crippen LogP contribution < -0.4 is 10.1 Å². The molecule has 0 saturated carbocycles. The van der Waals surface area contributed by atoms with Crippen LogP contribution in [0.15, 0.2) is 24.3 Å². The van der Waals surface area contributed by atoms with Crippen LogP contribution in [0.3, 0.4) is 0 Å². The number of carbonyl (C=O) groups is 2. The number of esters is 1. The zero-order chi connectivity index (χ0) is 17.8. The van der Waals surface area contributed by atoms with Gasteiger partial charge in [0, 0.05) is 5.75 Å². The van der Waals surface area contributed by atoms with Crippen molar-refractivity contribution < 1.29 is 23.8 Å². The number of thioether (sulfide) groups is 1. The van der Waals surface area contributed by atoms with Crippen molar-refractivity contribution in [3.05, 3.63) is 29.8 Å². The molecule has 134 valence electrons. The topological polar surface area (TPSA) is 73.9 Å². The number of benzene rings is 1. The Hall–Kier alpha value is -1.89. The van der Waals surface area contributed by atoms with E-state index in [-0.39, 0.29) is 12.4 Å². The van der Waals surface area contributed by atoms with Gasteiger partial charge in [0.2, 0.25) is 0 Å². The minimum atomic E-state index is -0.514. The van der Waals surface area contributed by atoms with Gasteiger partial charge in [0.15, 0.2) is 0 Å². The van der Waals surface area contributed by atoms with Crippen molar-refractivity contribution in [2.75, 3.05) is 20.8 Å². The molecule has 0 fully saturated rings. The van der Waals surface area contributed by atoms with E-state index in [1.54, 1.807) is 7.11 Å². The van der Waals surface area contributed by atoms with Crippen LogP contribution in [0, 0.1) is 0 Å². The van der Waals surface area contributed by atoms with E-state index in [0.29, 0.717) is 12.4 Å². The molecule has 0 radical (unpaired) electrons. The molecule has 0 aliphatic heterocycles. The van der Waals surface area contributed by atoms with Crippen LogP contribution in [0.1, 0.15) is 31.7 Å². The van der Waals surface area contributed by atoms with Gasteiger partial charge in [0.05, 0.1) is 32.6 Å². The molecule has 0 bridgehead atoms. The van der Waals surface area contributed by atoms with E-state index >= 15 is 0 Å². The van der Waals surface area contributed by atoms with Crippen LogP contribution in [-0.4, -0.2) is 38.3 Å². The molecule has 7 heteroatoms. The van der Waals surface area contributed by atoms with Crippen LogP contribution >= 0.6 is 11.8 Å². The number of rotatable bonds is 10. The quantitative estimate of drug-likeness (QED) is 0.394. The Kier molecular flexibility index (Phi) is 9.76. The highest BCUT2D eigenvalue weighted by Crippen LogP contribution is 2.21. The van der Waals surface area contributed by atoms with Gasteiger partial charge in [-0.05, 0) is 24.1 Å². The Balaban J connectivity index is 2.53. The van der Waals surface area contributed by atoms with Crippen molar-refractivity contribution in [2.24, 2.45) is 0 Å². The van der Waals surface area contributed by atoms with Gasteiger partial charge < -0.3 is 19.5 Å². The molecular weight excluding hydrogens is 330 g/mol. The van der Waals surface area contributed by atoms with Gasteiger partial charge in [-0.15, -0.1) is 11.8 Å². The molecule has 1 amide bonds. The van der Waals surface area contributed by atoms with E-state index in [1.165, 1.54) is 18.9 Å². The molecule has 0 aromatic heterocycles. The number of hydrogen-bond donors (Lipinski definition) is 1. The fourth-order valence-corrected chi connectivity index (χ4v) is 2.81. The highest BCUT2D eigenvalue weighted by atomic mass is 32.2. The minimum absolute atomic E-state index is 0.0835. The summed E-state index contributed by atoms with van der Waals surface area (Å²) in [5.41, 5.74) is 1.07. The number of carbonyl (C=O) groups excluding carboxylic acids is 2. The normalized spacial score (nSPS) is 11.5. The van der Waals surface area contributed by atoms with Gasteiger partial charge in [0.25, 0.3) is 0 Å². The average molecular weight is 355 g/mol. The fraction of sp³-hybridized carbons (Fsp3) is 0.529. The maximum absolute atomic E-state index is 11.8. The lowest BCUT2D eigenvalue weighted by molar-refractivity contribution is -0.140. The second-order valence-electron chi connectivity index (χ2n) is 5.06. The van der Waals surface area contributed by atoms with Crippen molar-refractivity contribution in [1.29, 1.82) is 0 Å². The second-order valence-corrected chi connectivity index (χ2v) is 6.25. The van der Waals surface area contributed by atoms with Crippen molar-refractivity contribution >= 4 is 23.8 Å². The molecule has 6 nitrogen and oxygen atoms in total. The Morgan fingerprint density at radius 2 is 1.92 bits per heavy atom. The highest BCUT2D eigenvalue weighted by molar-refractivity contribution is 7.99. The number of ether oxygens (including phenoxy) is 3. The van der Waals surface area contributed by atoms with Crippen molar-refractivity contribution in [2.45, 2.75) is 37.3 Å². The minimum Gasteiger partial charge on any atom is -0.497 e. The van der Waals surface area contributed by atoms with Crippen LogP contribution in [0.2, 0.25) is 0 Å². The molecule has 24 heavy (non-hydrogen) atoms. The Bertz CT molecular complexity index is 506. The molecule has 1 aromatic rings. The van der Waals surface area contributed by atoms with Crippen LogP contribution in [-0.2, 0) is 20.0 Å². The van der Waals surface area contributed by atoms with Gasteiger partial charge >= 0.3 is 12.1 Å². The summed E-state index contributed by atoms with van der Waals surface area (Å²) in [7, 11) is 2.94. The maximum atomic E-state index is 11.8. The molecule has 1 aromatic carbocycles. The molecule has 0 saturated heterocycles. The number of nitrogens with one attached hydrogen (secondary N) is 1. The lowest BCUT2D eigenvalue weighted by Crippen LogP contribution is -2.35. The van der Waals surface area contributed by atoms with Gasteiger partial charge in [-0.3, -0.25) is 4.79 Å². The molecule has 0 aliphatic carbocycles. The number of alkyl carbamates (subject to hydrolysis) is 1. The Labute approximate surface area is 147 Å². The molecule has 0 spiro atoms. The van der Waals surface area contributed by atoms with Crippen molar-refractivity contribution in [3.8, 4) is 5.75 Å². The zero-order valence-corrected chi connectivity index (χ0v) is 15.2. The van der Waals surface area contributed by atoms with E-state index in [9.17, 15) is 9.59 Å². The lowest BCUT2D eigenvalue weighted by Gasteiger charge is -2.17. The number of unbranched alkanes of at least 4 members (excludes halogenated alkanes) is 1. The Morgan fingerprint density at radius 3 is 2.50 bits per heavy atom. The van der Waals surface area contributed by atoms with Crippen LogP contribution in [0.4, 0.5) is 4.79 Å². The summed E-state index contributed by atoms with van der Waals surface area (Å²) in [6, 6.07) is 7.64. The van der Waals surface area contributed by atoms with Crippen LogP contribution in [0.5, 0.6) is 5.75 Å². The molecular formula is C17H25NO5S. The van der Waals surface area contributed by atoms with Crippen molar-refractivity contribution in [1.82, 2.24) is 5.32 Å². The maximum Gasteiger partial charge on any atom is 0.408 e. The first-order valence-corrected chi connectivity index (χ1v) is 8.88. The molecule has 1 N–H and O–H groups in total. The van der Waals surface area contributed by atoms with Gasteiger partial charge in [-0.1, -0.05) is 25.5 Å². The third-order valence-corrected chi connectivity index (χ3v) is 4.39. The van der Waals surface area contributed by atoms with E-state index in [4.69, 9.17) is 9.47 Å². The highest BCUT2D eigenvalue weighted by Gasteiger charge is 2.18. The summed E-state index contributed by atoms with van der Waals surface area (Å²) in [5, 5.41) is 2.30. The first kappa shape index (κ1) is 20.2. The second kappa shape index (κ2) is 11.6. The monoisotopic (exact) mass is 355 g/mol. The molecule has 1 rings (SSSR count). The molecule has 0 heterocycles. The van der Waals surface area contributed by atoms with E-state index in [0.717, 1.165) is 24.2 Å². The van der Waals surface area contributed by atoms with Crippen LogP contribution in [0.25, 0.3) is 0 Å². The molecule has 1 atom stereocenters. The fourth-order valence-electron chi connectivity index (χ4n) is 1.79. The number of methoxy groups -OCH3 is 2. The lowest BCUT2D eigenvalue weighted by atomic mass is 10.2. The summed E-state index contributed by atoms with van der Waals surface area (Å²) >= 11 is 1.45. The Morgan fingerprint density at radius 1 is 1.21 bits per heavy atom. The summed E-state index contributed by atoms with van der Waals surface area (Å²) in [5.74, 6) is 1.05. The smallest absolute Gasteiger partial charge is 0.408 e. The zero-order valence-electron chi connectivity index (χ0n) is 14.4. The van der Waals surface area contributed by atoms with Crippen molar-refractivity contribution in [3.63, 3.8) is 0 Å². The van der Waals surface area contributed by atoms with Gasteiger partial charge in [0.1, 0.15) is 5.75 Å². The third kappa shape index (κ3) is 8.10. The predicted molar refractivity (Wildman–Crippen MR) is 94.1 cm³/mol. The first-order chi connectivity index (χ1) is 11.6. The van der Waals surface area contributed by atoms with Gasteiger partial charge in [-0.25, -0.2) is 4.79 Å². The predicted octanol–water partition coefficient (Wildman–Crippen LogP) is 3.34. The summed E-state index contributed by atoms with van der Waals surface area (Å²) in [4.78, 5) is 23.3. The SMILES string of the molecule is CCCCOC(=O)NC(CC(=O)OC)SCc1ccc(OC)cc1. The summed E-state index contributed by atoms with van der Waals surface area (Å²) in [6.07, 6.45) is 1.33. The third-order valence-electron chi connectivity index (χ3n) is 3.20. The largest absolute Gasteiger partial charge is 0.497 e. The molecule has 0 aliphatic rings.